The molecule has 1 aromatic heterocycles. The predicted molar refractivity (Wildman–Crippen MR) is 145 cm³/mol. The Hall–Kier alpha value is -4.13. The second-order valence-electron chi connectivity index (χ2n) is 9.27. The van der Waals surface area contributed by atoms with Crippen LogP contribution in [-0.2, 0) is 4.79 Å². The number of para-hydroxylation sites is 2. The fourth-order valence-corrected chi connectivity index (χ4v) is 4.29. The normalized spacial score (nSPS) is 11.9. The molecular formula is C30H33N3O4. The summed E-state index contributed by atoms with van der Waals surface area (Å²) in [6, 6.07) is 23.4. The molecule has 7 heteroatoms. The Morgan fingerprint density at radius 1 is 0.892 bits per heavy atom. The highest BCUT2D eigenvalue weighted by Crippen LogP contribution is 2.25. The van der Waals surface area contributed by atoms with Crippen LogP contribution in [0.5, 0.6) is 11.5 Å². The molecule has 37 heavy (non-hydrogen) atoms. The van der Waals surface area contributed by atoms with Gasteiger partial charge in [0.25, 0.3) is 11.5 Å². The van der Waals surface area contributed by atoms with Gasteiger partial charge in [0.2, 0.25) is 0 Å². The Labute approximate surface area is 217 Å². The Bertz CT molecular complexity index is 1400. The van der Waals surface area contributed by atoms with Crippen LogP contribution in [0.3, 0.4) is 0 Å². The van der Waals surface area contributed by atoms with Gasteiger partial charge < -0.3 is 14.4 Å². The molecule has 1 atom stereocenters. The fraction of sp³-hybridized carbons (Fsp3) is 0.300. The molecule has 1 amide bonds. The van der Waals surface area contributed by atoms with Crippen LogP contribution in [0.15, 0.2) is 83.7 Å². The maximum atomic E-state index is 13.8. The number of benzene rings is 3. The predicted octanol–water partition coefficient (Wildman–Crippen LogP) is 5.41. The molecule has 3 aromatic carbocycles. The smallest absolute Gasteiger partial charge is 0.266 e. The van der Waals surface area contributed by atoms with Gasteiger partial charge in [-0.1, -0.05) is 44.2 Å². The van der Waals surface area contributed by atoms with Crippen molar-refractivity contribution in [1.82, 2.24) is 14.5 Å². The molecule has 0 aliphatic carbocycles. The quantitative estimate of drug-likeness (QED) is 0.292. The van der Waals surface area contributed by atoms with E-state index in [1.165, 1.54) is 0 Å². The molecule has 0 saturated carbocycles. The first-order chi connectivity index (χ1) is 17.9. The number of amides is 1. The third kappa shape index (κ3) is 6.00. The van der Waals surface area contributed by atoms with Crippen LogP contribution in [-0.4, -0.2) is 40.1 Å². The van der Waals surface area contributed by atoms with E-state index in [2.05, 4.69) is 13.8 Å². The highest BCUT2D eigenvalue weighted by atomic mass is 16.5. The van der Waals surface area contributed by atoms with Crippen LogP contribution in [0.4, 0.5) is 0 Å². The topological polar surface area (TPSA) is 73.7 Å². The summed E-state index contributed by atoms with van der Waals surface area (Å²) in [4.78, 5) is 33.8. The number of nitrogens with zero attached hydrogens (tertiary/aromatic N) is 3. The van der Waals surface area contributed by atoms with Gasteiger partial charge >= 0.3 is 0 Å². The van der Waals surface area contributed by atoms with Crippen molar-refractivity contribution in [2.24, 2.45) is 5.92 Å². The molecule has 0 N–H and O–H groups in total. The number of ether oxygens (including phenoxy) is 2. The van der Waals surface area contributed by atoms with Crippen LogP contribution in [0.1, 0.15) is 39.6 Å². The van der Waals surface area contributed by atoms with E-state index >= 15 is 0 Å². The summed E-state index contributed by atoms with van der Waals surface area (Å²) in [7, 11) is 0. The van der Waals surface area contributed by atoms with Crippen LogP contribution in [0, 0.1) is 5.92 Å². The van der Waals surface area contributed by atoms with E-state index in [9.17, 15) is 9.59 Å². The SMILES string of the molecule is CCOc1ccc(-n2c(C(C)N(CC(C)C)C(=O)COc3ccccc3)nc3ccccc3c2=O)cc1. The van der Waals surface area contributed by atoms with Crippen molar-refractivity contribution >= 4 is 16.8 Å². The van der Waals surface area contributed by atoms with Gasteiger partial charge in [0.05, 0.1) is 29.2 Å². The van der Waals surface area contributed by atoms with Gasteiger partial charge in [-0.3, -0.25) is 14.2 Å². The van der Waals surface area contributed by atoms with E-state index in [4.69, 9.17) is 14.5 Å². The number of hydrogen-bond donors (Lipinski definition) is 0. The monoisotopic (exact) mass is 499 g/mol. The molecule has 1 heterocycles. The Morgan fingerprint density at radius 3 is 2.22 bits per heavy atom. The summed E-state index contributed by atoms with van der Waals surface area (Å²) in [5, 5.41) is 0.515. The van der Waals surface area contributed by atoms with Crippen LogP contribution < -0.4 is 15.0 Å². The number of carbonyl (C=O) groups excluding carboxylic acids is 1. The first-order valence-electron chi connectivity index (χ1n) is 12.6. The summed E-state index contributed by atoms with van der Waals surface area (Å²) >= 11 is 0. The van der Waals surface area contributed by atoms with Crippen molar-refractivity contribution in [2.75, 3.05) is 19.8 Å². The molecule has 0 saturated heterocycles. The van der Waals surface area contributed by atoms with Crippen molar-refractivity contribution in [2.45, 2.75) is 33.7 Å². The zero-order chi connectivity index (χ0) is 26.4. The molecule has 1 unspecified atom stereocenters. The number of aromatic nitrogens is 2. The molecule has 4 aromatic rings. The van der Waals surface area contributed by atoms with E-state index in [0.717, 1.165) is 5.75 Å². The second kappa shape index (κ2) is 11.7. The summed E-state index contributed by atoms with van der Waals surface area (Å²) in [5.41, 5.74) is 1.06. The van der Waals surface area contributed by atoms with Crippen molar-refractivity contribution in [3.05, 3.63) is 95.0 Å². The average Bonchev–Trinajstić information content (AvgIpc) is 2.91. The van der Waals surface area contributed by atoms with Gasteiger partial charge in [0, 0.05) is 6.54 Å². The summed E-state index contributed by atoms with van der Waals surface area (Å²) in [6.07, 6.45) is 0. The number of rotatable bonds is 10. The maximum absolute atomic E-state index is 13.8. The molecule has 0 aliphatic heterocycles. The zero-order valence-corrected chi connectivity index (χ0v) is 21.8. The Morgan fingerprint density at radius 2 is 1.54 bits per heavy atom. The fourth-order valence-electron chi connectivity index (χ4n) is 4.29. The van der Waals surface area contributed by atoms with Crippen LogP contribution in [0.25, 0.3) is 16.6 Å². The largest absolute Gasteiger partial charge is 0.494 e. The van der Waals surface area contributed by atoms with E-state index in [-0.39, 0.29) is 24.0 Å². The number of carbonyl (C=O) groups is 1. The molecule has 4 rings (SSSR count). The molecule has 0 bridgehead atoms. The zero-order valence-electron chi connectivity index (χ0n) is 21.8. The van der Waals surface area contributed by atoms with E-state index in [0.29, 0.717) is 41.3 Å². The van der Waals surface area contributed by atoms with Gasteiger partial charge in [-0.05, 0) is 68.3 Å². The third-order valence-electron chi connectivity index (χ3n) is 6.04. The van der Waals surface area contributed by atoms with Crippen molar-refractivity contribution < 1.29 is 14.3 Å². The average molecular weight is 500 g/mol. The second-order valence-corrected chi connectivity index (χ2v) is 9.27. The van der Waals surface area contributed by atoms with E-state index < -0.39 is 6.04 Å². The van der Waals surface area contributed by atoms with Gasteiger partial charge in [-0.2, -0.15) is 0 Å². The van der Waals surface area contributed by atoms with Crippen LogP contribution >= 0.6 is 0 Å². The molecule has 0 spiro atoms. The van der Waals surface area contributed by atoms with Gasteiger partial charge in [0.15, 0.2) is 6.61 Å². The highest BCUT2D eigenvalue weighted by Gasteiger charge is 2.28. The molecule has 0 radical (unpaired) electrons. The lowest BCUT2D eigenvalue weighted by Gasteiger charge is -2.32. The maximum Gasteiger partial charge on any atom is 0.266 e. The summed E-state index contributed by atoms with van der Waals surface area (Å²) in [6.45, 7) is 8.87. The highest BCUT2D eigenvalue weighted by molar-refractivity contribution is 5.79. The molecule has 192 valence electrons. The van der Waals surface area contributed by atoms with Crippen molar-refractivity contribution in [3.63, 3.8) is 0 Å². The Balaban J connectivity index is 1.77. The first-order valence-corrected chi connectivity index (χ1v) is 12.6. The van der Waals surface area contributed by atoms with Gasteiger partial charge in [0.1, 0.15) is 17.3 Å². The minimum atomic E-state index is -0.488. The lowest BCUT2D eigenvalue weighted by Crippen LogP contribution is -2.41. The minimum Gasteiger partial charge on any atom is -0.494 e. The molecule has 7 nitrogen and oxygen atoms in total. The van der Waals surface area contributed by atoms with Crippen molar-refractivity contribution in [1.29, 1.82) is 0 Å². The molecule has 0 aliphatic rings. The van der Waals surface area contributed by atoms with Crippen LogP contribution in [0.2, 0.25) is 0 Å². The van der Waals surface area contributed by atoms with Gasteiger partial charge in [-0.15, -0.1) is 0 Å². The standard InChI is InChI=1S/C30H33N3O4/c1-5-36-25-17-15-23(16-18-25)33-29(31-27-14-10-9-13-26(27)30(33)35)22(4)32(19-21(2)3)28(34)20-37-24-11-7-6-8-12-24/h6-18,21-22H,5,19-20H2,1-4H3. The van der Waals surface area contributed by atoms with Crippen molar-refractivity contribution in [3.8, 4) is 17.2 Å². The number of fused-ring (bicyclic) bond motifs is 1. The van der Waals surface area contributed by atoms with E-state index in [1.54, 1.807) is 15.5 Å². The lowest BCUT2D eigenvalue weighted by atomic mass is 10.1. The minimum absolute atomic E-state index is 0.109. The molecule has 0 fully saturated rings. The number of hydrogen-bond acceptors (Lipinski definition) is 5. The summed E-state index contributed by atoms with van der Waals surface area (Å²) < 4.78 is 12.9. The Kier molecular flexibility index (Phi) is 8.23. The van der Waals surface area contributed by atoms with E-state index in [1.807, 2.05) is 86.6 Å². The lowest BCUT2D eigenvalue weighted by molar-refractivity contribution is -0.136. The molecular weight excluding hydrogens is 466 g/mol. The van der Waals surface area contributed by atoms with Gasteiger partial charge in [-0.25, -0.2) is 4.98 Å². The first kappa shape index (κ1) is 25.9. The third-order valence-corrected chi connectivity index (χ3v) is 6.04. The summed E-state index contributed by atoms with van der Waals surface area (Å²) in [5.74, 6) is 1.86.